The maximum absolute atomic E-state index is 13.8. The zero-order valence-electron chi connectivity index (χ0n) is 39.2. The van der Waals surface area contributed by atoms with Gasteiger partial charge in [-0.1, -0.05) is 58.4 Å². The number of unbranched alkanes of at least 4 members (excludes halogenated alkanes) is 2. The number of carbonyl (C=O) groups excluding carboxylic acids is 8. The third kappa shape index (κ3) is 17.8. The van der Waals surface area contributed by atoms with Crippen LogP contribution >= 0.6 is 0 Å². The average molecular weight is 944 g/mol. The van der Waals surface area contributed by atoms with Gasteiger partial charge in [0.1, 0.15) is 18.1 Å². The molecule has 1 unspecified atom stereocenters. The number of benzene rings is 2. The first-order valence-electron chi connectivity index (χ1n) is 22.9. The molecule has 1 aliphatic heterocycles. The number of nitrogens with zero attached hydrogens (tertiary/aromatic N) is 1. The Balaban J connectivity index is 1.34. The predicted octanol–water partition coefficient (Wildman–Crippen LogP) is 4.27. The van der Waals surface area contributed by atoms with Gasteiger partial charge in [-0.15, -0.1) is 0 Å². The minimum Gasteiger partial charge on any atom is -0.462 e. The number of ether oxygens (including phenoxy) is 3. The number of nitrogens with two attached hydrogens (primary N) is 1. The summed E-state index contributed by atoms with van der Waals surface area (Å²) in [5.41, 5.74) is 6.32. The van der Waals surface area contributed by atoms with Gasteiger partial charge in [0.25, 0.3) is 11.8 Å². The minimum atomic E-state index is -1.35. The highest BCUT2D eigenvalue weighted by Crippen LogP contribution is 2.41. The molecule has 68 heavy (non-hydrogen) atoms. The summed E-state index contributed by atoms with van der Waals surface area (Å²) in [5, 5.41) is 23.2. The number of imide groups is 1. The van der Waals surface area contributed by atoms with Gasteiger partial charge in [-0.3, -0.25) is 45.2 Å². The van der Waals surface area contributed by atoms with E-state index >= 15 is 0 Å². The Morgan fingerprint density at radius 1 is 0.779 bits per heavy atom. The van der Waals surface area contributed by atoms with Crippen molar-refractivity contribution in [3.63, 3.8) is 0 Å². The summed E-state index contributed by atoms with van der Waals surface area (Å²) in [6.07, 6.45) is 9.47. The molecule has 19 heteroatoms. The van der Waals surface area contributed by atoms with Crippen molar-refractivity contribution in [3.8, 4) is 0 Å². The molecule has 2 aromatic rings. The van der Waals surface area contributed by atoms with E-state index in [0.717, 1.165) is 4.90 Å². The Kier molecular flexibility index (Phi) is 21.6. The highest BCUT2D eigenvalue weighted by Gasteiger charge is 2.51. The van der Waals surface area contributed by atoms with Gasteiger partial charge < -0.3 is 35.3 Å². The first-order valence-corrected chi connectivity index (χ1v) is 22.9. The Morgan fingerprint density at radius 2 is 1.43 bits per heavy atom. The van der Waals surface area contributed by atoms with Gasteiger partial charge in [-0.25, -0.2) is 14.4 Å². The van der Waals surface area contributed by atoms with E-state index in [1.807, 2.05) is 27.7 Å². The third-order valence-corrected chi connectivity index (χ3v) is 10.8. The lowest BCUT2D eigenvalue weighted by molar-refractivity contribution is -0.151. The maximum Gasteiger partial charge on any atom is 0.411 e. The summed E-state index contributed by atoms with van der Waals surface area (Å²) < 4.78 is 15.9. The Bertz CT molecular complexity index is 2160. The SMILES string of the molecule is CC(C)COC(=O)/C=C/c1ccc(/C=C/C(=O)OCC(C)C)c(NC(=O)OCc2ccc(NC(=O)[C@H](CCCNC(N)O)NC(=O)C3(C(=O)NCCCCCN4C(=O)C=CC4=O)CCC3)cc2)c1. The molecule has 0 spiro atoms. The fourth-order valence-electron chi connectivity index (χ4n) is 6.86. The van der Waals surface area contributed by atoms with Crippen molar-refractivity contribution < 1.29 is 57.7 Å². The molecular formula is C49H65N7O12. The Morgan fingerprint density at radius 3 is 2.03 bits per heavy atom. The number of esters is 2. The second kappa shape index (κ2) is 27.2. The molecule has 0 radical (unpaired) electrons. The molecule has 8 N–H and O–H groups in total. The van der Waals surface area contributed by atoms with E-state index in [0.29, 0.717) is 73.9 Å². The van der Waals surface area contributed by atoms with Gasteiger partial charge in [0.05, 0.1) is 18.9 Å². The highest BCUT2D eigenvalue weighted by atomic mass is 16.5. The summed E-state index contributed by atoms with van der Waals surface area (Å²) in [6, 6.07) is 10.4. The zero-order chi connectivity index (χ0) is 49.6. The fraction of sp³-hybridized carbons (Fsp3) is 0.469. The number of rotatable bonds is 27. The summed E-state index contributed by atoms with van der Waals surface area (Å²) >= 11 is 0. The lowest BCUT2D eigenvalue weighted by atomic mass is 9.67. The third-order valence-electron chi connectivity index (χ3n) is 10.8. The molecule has 2 aromatic carbocycles. The van der Waals surface area contributed by atoms with E-state index in [1.165, 1.54) is 36.5 Å². The molecule has 0 saturated heterocycles. The first kappa shape index (κ1) is 53.9. The fourth-order valence-corrected chi connectivity index (χ4v) is 6.86. The summed E-state index contributed by atoms with van der Waals surface area (Å²) in [4.78, 5) is 103. The Labute approximate surface area is 396 Å². The quantitative estimate of drug-likeness (QED) is 0.0125. The van der Waals surface area contributed by atoms with Crippen LogP contribution < -0.4 is 32.3 Å². The van der Waals surface area contributed by atoms with Gasteiger partial charge >= 0.3 is 18.0 Å². The normalized spacial score (nSPS) is 15.0. The number of aliphatic hydroxyl groups excluding tert-OH is 1. The molecule has 2 atom stereocenters. The van der Waals surface area contributed by atoms with Gasteiger partial charge in [-0.05, 0) is 110 Å². The van der Waals surface area contributed by atoms with E-state index in [1.54, 1.807) is 42.5 Å². The molecule has 0 aromatic heterocycles. The lowest BCUT2D eigenvalue weighted by Gasteiger charge is -2.39. The average Bonchev–Trinajstić information content (AvgIpc) is 3.60. The molecule has 0 bridgehead atoms. The molecular weight excluding hydrogens is 879 g/mol. The topological polar surface area (TPSA) is 274 Å². The molecule has 1 aliphatic carbocycles. The summed E-state index contributed by atoms with van der Waals surface area (Å²) in [5.74, 6) is -3.01. The van der Waals surface area contributed by atoms with Gasteiger partial charge in [0.15, 0.2) is 6.35 Å². The van der Waals surface area contributed by atoms with Crippen LogP contribution in [0.2, 0.25) is 0 Å². The molecule has 19 nitrogen and oxygen atoms in total. The maximum atomic E-state index is 13.8. The van der Waals surface area contributed by atoms with Gasteiger partial charge in [-0.2, -0.15) is 0 Å². The molecule has 1 fully saturated rings. The van der Waals surface area contributed by atoms with Crippen LogP contribution in [0.15, 0.2) is 66.8 Å². The van der Waals surface area contributed by atoms with E-state index in [2.05, 4.69) is 26.6 Å². The monoisotopic (exact) mass is 943 g/mol. The van der Waals surface area contributed by atoms with Crippen molar-refractivity contribution in [1.82, 2.24) is 20.9 Å². The van der Waals surface area contributed by atoms with Crippen LogP contribution in [-0.4, -0.2) is 103 Å². The van der Waals surface area contributed by atoms with Crippen LogP contribution in [0, 0.1) is 17.3 Å². The van der Waals surface area contributed by atoms with Gasteiger partial charge in [0, 0.05) is 43.1 Å². The Hall–Kier alpha value is -6.70. The van der Waals surface area contributed by atoms with Crippen molar-refractivity contribution in [3.05, 3.63) is 83.5 Å². The van der Waals surface area contributed by atoms with E-state index in [4.69, 9.17) is 19.9 Å². The smallest absolute Gasteiger partial charge is 0.411 e. The predicted molar refractivity (Wildman–Crippen MR) is 253 cm³/mol. The van der Waals surface area contributed by atoms with Crippen LogP contribution in [-0.2, 0) is 54.4 Å². The largest absolute Gasteiger partial charge is 0.462 e. The van der Waals surface area contributed by atoms with Crippen molar-refractivity contribution in [2.24, 2.45) is 23.0 Å². The molecule has 2 aliphatic rings. The summed E-state index contributed by atoms with van der Waals surface area (Å²) in [6.45, 7) is 8.83. The molecule has 6 amide bonds. The second-order valence-corrected chi connectivity index (χ2v) is 17.4. The van der Waals surface area contributed by atoms with Crippen LogP contribution in [0.3, 0.4) is 0 Å². The second-order valence-electron chi connectivity index (χ2n) is 17.4. The number of anilines is 2. The standard InChI is InChI=1S/C49H65N7O12/c1-32(2)29-66-42(59)21-14-34-11-15-36(16-22-43(60)67-30-33(3)4)39(28-34)55-48(65)68-31-35-12-17-37(18-13-35)53-44(61)38(10-8-26-52-47(50)64)54-46(63)49(23-9-24-49)45(62)51-25-6-5-7-27-56-40(57)19-20-41(56)58/h11-22,28,32-33,38,47,52,64H,5-10,23-27,29-31,50H2,1-4H3,(H,51,62)(H,53,61)(H,54,63)(H,55,65)/b21-14+,22-16+/t38-,47?/m0/s1. The van der Waals surface area contributed by atoms with Crippen molar-refractivity contribution in [2.75, 3.05) is 43.5 Å². The van der Waals surface area contributed by atoms with Crippen LogP contribution in [0.4, 0.5) is 16.2 Å². The first-order chi connectivity index (χ1) is 32.4. The lowest BCUT2D eigenvalue weighted by Crippen LogP contribution is -2.58. The molecule has 1 heterocycles. The van der Waals surface area contributed by atoms with E-state index in [-0.39, 0.29) is 68.7 Å². The molecule has 1 saturated carbocycles. The van der Waals surface area contributed by atoms with Crippen molar-refractivity contribution in [2.45, 2.75) is 98.1 Å². The van der Waals surface area contributed by atoms with Crippen molar-refractivity contribution in [1.29, 1.82) is 0 Å². The number of amides is 6. The van der Waals surface area contributed by atoms with Crippen molar-refractivity contribution >= 4 is 71.1 Å². The number of hydrogen-bond donors (Lipinski definition) is 7. The number of nitrogens with one attached hydrogen (secondary N) is 5. The van der Waals surface area contributed by atoms with E-state index < -0.39 is 53.6 Å². The summed E-state index contributed by atoms with van der Waals surface area (Å²) in [7, 11) is 0. The molecule has 368 valence electrons. The van der Waals surface area contributed by atoms with Crippen LogP contribution in [0.25, 0.3) is 12.2 Å². The number of hydrogen-bond acceptors (Lipinski definition) is 14. The minimum absolute atomic E-state index is 0.146. The van der Waals surface area contributed by atoms with E-state index in [9.17, 15) is 43.5 Å². The van der Waals surface area contributed by atoms with Gasteiger partial charge in [0.2, 0.25) is 17.7 Å². The highest BCUT2D eigenvalue weighted by molar-refractivity contribution is 6.13. The van der Waals surface area contributed by atoms with Crippen LogP contribution in [0.1, 0.15) is 95.8 Å². The number of aliphatic hydroxyl groups is 1. The zero-order valence-corrected chi connectivity index (χ0v) is 39.2. The molecule has 4 rings (SSSR count). The number of carbonyl (C=O) groups is 8. The van der Waals surface area contributed by atoms with Crippen LogP contribution in [0.5, 0.6) is 0 Å².